The van der Waals surface area contributed by atoms with Gasteiger partial charge in [-0.1, -0.05) is 6.07 Å². The van der Waals surface area contributed by atoms with Crippen LogP contribution in [0.5, 0.6) is 0 Å². The van der Waals surface area contributed by atoms with E-state index in [9.17, 15) is 4.79 Å². The lowest BCUT2D eigenvalue weighted by Gasteiger charge is -2.38. The first kappa shape index (κ1) is 13.8. The first-order chi connectivity index (χ1) is 10.2. The van der Waals surface area contributed by atoms with Gasteiger partial charge in [-0.3, -0.25) is 4.79 Å². The topological polar surface area (TPSA) is 63.1 Å². The van der Waals surface area contributed by atoms with Crippen LogP contribution >= 0.6 is 0 Å². The maximum absolute atomic E-state index is 12.7. The number of nitrogens with zero attached hydrogens (tertiary/aromatic N) is 4. The molecule has 2 unspecified atom stereocenters. The second kappa shape index (κ2) is 5.65. The predicted molar refractivity (Wildman–Crippen MR) is 79.3 cm³/mol. The highest BCUT2D eigenvalue weighted by Gasteiger charge is 2.29. The Morgan fingerprint density at radius 3 is 2.95 bits per heavy atom. The van der Waals surface area contributed by atoms with Gasteiger partial charge in [-0.15, -0.1) is 0 Å². The number of rotatable bonds is 2. The minimum absolute atomic E-state index is 0.0233. The second-order valence-electron chi connectivity index (χ2n) is 5.31. The average molecular weight is 285 g/mol. The van der Waals surface area contributed by atoms with Crippen molar-refractivity contribution < 1.29 is 4.79 Å². The van der Waals surface area contributed by atoms with E-state index in [2.05, 4.69) is 29.2 Å². The summed E-state index contributed by atoms with van der Waals surface area (Å²) in [7, 11) is 0. The Kier molecular flexibility index (Phi) is 3.70. The Bertz CT molecular complexity index is 625. The maximum atomic E-state index is 12.7. The third-order valence-corrected chi connectivity index (χ3v) is 3.99. The zero-order chi connectivity index (χ0) is 14.8. The van der Waals surface area contributed by atoms with E-state index in [4.69, 9.17) is 0 Å². The van der Waals surface area contributed by atoms with Crippen LogP contribution in [0.1, 0.15) is 24.3 Å². The summed E-state index contributed by atoms with van der Waals surface area (Å²) in [4.78, 5) is 19.0. The molecule has 2 atom stereocenters. The van der Waals surface area contributed by atoms with Gasteiger partial charge in [0.1, 0.15) is 5.69 Å². The summed E-state index contributed by atoms with van der Waals surface area (Å²) in [6.07, 6.45) is 3.50. The number of carbonyl (C=O) groups excluding carboxylic acids is 1. The minimum Gasteiger partial charge on any atom is -0.332 e. The SMILES string of the molecule is CC1NCCN(C(=O)c2cccc(-n3cccn3)n2)C1C. The standard InChI is InChI=1S/C15H19N5O/c1-11-12(2)19(10-8-16-11)15(21)13-5-3-6-14(18-13)20-9-4-7-17-20/h3-7,9,11-12,16H,8,10H2,1-2H3. The van der Waals surface area contributed by atoms with Crippen LogP contribution in [-0.4, -0.2) is 50.7 Å². The molecule has 21 heavy (non-hydrogen) atoms. The van der Waals surface area contributed by atoms with Gasteiger partial charge in [0.05, 0.1) is 0 Å². The highest BCUT2D eigenvalue weighted by atomic mass is 16.2. The maximum Gasteiger partial charge on any atom is 0.272 e. The third kappa shape index (κ3) is 2.67. The lowest BCUT2D eigenvalue weighted by molar-refractivity contribution is 0.0597. The summed E-state index contributed by atoms with van der Waals surface area (Å²) in [6.45, 7) is 5.68. The molecule has 6 heteroatoms. The van der Waals surface area contributed by atoms with Crippen LogP contribution in [0.2, 0.25) is 0 Å². The first-order valence-electron chi connectivity index (χ1n) is 7.18. The van der Waals surface area contributed by atoms with Gasteiger partial charge in [-0.05, 0) is 32.0 Å². The number of hydrogen-bond acceptors (Lipinski definition) is 4. The van der Waals surface area contributed by atoms with Crippen molar-refractivity contribution in [2.45, 2.75) is 25.9 Å². The Morgan fingerprint density at radius 1 is 1.33 bits per heavy atom. The lowest BCUT2D eigenvalue weighted by atomic mass is 10.1. The number of pyridine rings is 1. The average Bonchev–Trinajstić information content (AvgIpc) is 3.04. The molecule has 1 amide bonds. The molecule has 2 aromatic rings. The number of nitrogens with one attached hydrogen (secondary N) is 1. The Balaban J connectivity index is 1.86. The van der Waals surface area contributed by atoms with Crippen molar-refractivity contribution in [3.05, 3.63) is 42.4 Å². The van der Waals surface area contributed by atoms with E-state index in [0.29, 0.717) is 18.1 Å². The van der Waals surface area contributed by atoms with Crippen LogP contribution in [0.15, 0.2) is 36.7 Å². The number of piperazine rings is 1. The van der Waals surface area contributed by atoms with Gasteiger partial charge < -0.3 is 10.2 Å². The quantitative estimate of drug-likeness (QED) is 0.897. The zero-order valence-electron chi connectivity index (χ0n) is 12.2. The van der Waals surface area contributed by atoms with Crippen LogP contribution < -0.4 is 5.32 Å². The molecule has 2 aromatic heterocycles. The normalized spacial score (nSPS) is 22.3. The van der Waals surface area contributed by atoms with Crippen LogP contribution in [0.3, 0.4) is 0 Å². The molecule has 1 aliphatic rings. The summed E-state index contributed by atoms with van der Waals surface area (Å²) in [6, 6.07) is 7.71. The van der Waals surface area contributed by atoms with Gasteiger partial charge in [0, 0.05) is 37.6 Å². The van der Waals surface area contributed by atoms with Gasteiger partial charge in [-0.25, -0.2) is 9.67 Å². The largest absolute Gasteiger partial charge is 0.332 e. The van der Waals surface area contributed by atoms with Crippen molar-refractivity contribution in [1.29, 1.82) is 0 Å². The van der Waals surface area contributed by atoms with Crippen molar-refractivity contribution >= 4 is 5.91 Å². The third-order valence-electron chi connectivity index (χ3n) is 3.99. The summed E-state index contributed by atoms with van der Waals surface area (Å²) >= 11 is 0. The Hall–Kier alpha value is -2.21. The number of aromatic nitrogens is 3. The van der Waals surface area contributed by atoms with Gasteiger partial charge in [-0.2, -0.15) is 5.10 Å². The summed E-state index contributed by atoms with van der Waals surface area (Å²) < 4.78 is 1.65. The summed E-state index contributed by atoms with van der Waals surface area (Å²) in [5.41, 5.74) is 0.462. The second-order valence-corrected chi connectivity index (χ2v) is 5.31. The van der Waals surface area contributed by atoms with E-state index in [0.717, 1.165) is 6.54 Å². The minimum atomic E-state index is -0.0233. The van der Waals surface area contributed by atoms with Crippen LogP contribution in [0.25, 0.3) is 5.82 Å². The van der Waals surface area contributed by atoms with Crippen LogP contribution in [0, 0.1) is 0 Å². The molecule has 1 fully saturated rings. The number of hydrogen-bond donors (Lipinski definition) is 1. The monoisotopic (exact) mass is 285 g/mol. The van der Waals surface area contributed by atoms with Crippen molar-refractivity contribution in [2.75, 3.05) is 13.1 Å². The van der Waals surface area contributed by atoms with Gasteiger partial charge in [0.2, 0.25) is 0 Å². The molecular weight excluding hydrogens is 266 g/mol. The fourth-order valence-electron chi connectivity index (χ4n) is 2.56. The molecule has 0 spiro atoms. The molecular formula is C15H19N5O. The smallest absolute Gasteiger partial charge is 0.272 e. The lowest BCUT2D eigenvalue weighted by Crippen LogP contribution is -2.57. The van der Waals surface area contributed by atoms with Crippen LogP contribution in [-0.2, 0) is 0 Å². The van der Waals surface area contributed by atoms with E-state index >= 15 is 0 Å². The molecule has 1 aliphatic heterocycles. The van der Waals surface area contributed by atoms with Crippen molar-refractivity contribution in [3.8, 4) is 5.82 Å². The molecule has 3 heterocycles. The molecule has 0 aliphatic carbocycles. The zero-order valence-corrected chi connectivity index (χ0v) is 12.2. The fourth-order valence-corrected chi connectivity index (χ4v) is 2.56. The van der Waals surface area contributed by atoms with Crippen LogP contribution in [0.4, 0.5) is 0 Å². The molecule has 0 saturated carbocycles. The molecule has 3 rings (SSSR count). The van der Waals surface area contributed by atoms with Crippen molar-refractivity contribution in [2.24, 2.45) is 0 Å². The van der Waals surface area contributed by atoms with E-state index in [1.54, 1.807) is 16.9 Å². The van der Waals surface area contributed by atoms with E-state index < -0.39 is 0 Å². The number of carbonyl (C=O) groups is 1. The molecule has 1 N–H and O–H groups in total. The first-order valence-corrected chi connectivity index (χ1v) is 7.18. The number of amides is 1. The summed E-state index contributed by atoms with van der Waals surface area (Å²) in [5.74, 6) is 0.631. The molecule has 1 saturated heterocycles. The molecule has 0 aromatic carbocycles. The Morgan fingerprint density at radius 2 is 2.19 bits per heavy atom. The van der Waals surface area contributed by atoms with E-state index in [1.165, 1.54) is 0 Å². The highest BCUT2D eigenvalue weighted by molar-refractivity contribution is 5.92. The summed E-state index contributed by atoms with van der Waals surface area (Å²) in [5, 5.41) is 7.52. The molecule has 6 nitrogen and oxygen atoms in total. The molecule has 0 bridgehead atoms. The van der Waals surface area contributed by atoms with E-state index in [-0.39, 0.29) is 18.0 Å². The van der Waals surface area contributed by atoms with Crippen molar-refractivity contribution in [3.63, 3.8) is 0 Å². The van der Waals surface area contributed by atoms with Crippen molar-refractivity contribution in [1.82, 2.24) is 25.0 Å². The van der Waals surface area contributed by atoms with Gasteiger partial charge >= 0.3 is 0 Å². The Labute approximate surface area is 123 Å². The highest BCUT2D eigenvalue weighted by Crippen LogP contribution is 2.14. The predicted octanol–water partition coefficient (Wildman–Crippen LogP) is 1.09. The fraction of sp³-hybridized carbons (Fsp3) is 0.400. The molecule has 110 valence electrons. The van der Waals surface area contributed by atoms with Gasteiger partial charge in [0.15, 0.2) is 5.82 Å². The van der Waals surface area contributed by atoms with E-state index in [1.807, 2.05) is 29.3 Å². The van der Waals surface area contributed by atoms with Gasteiger partial charge in [0.25, 0.3) is 5.91 Å². The molecule has 0 radical (unpaired) electrons.